The highest BCUT2D eigenvalue weighted by molar-refractivity contribution is 6.44. The van der Waals surface area contributed by atoms with Gasteiger partial charge in [-0.1, -0.05) is 6.07 Å². The smallest absolute Gasteiger partial charge is 0.403 e. The van der Waals surface area contributed by atoms with Crippen LogP contribution in [0.4, 0.5) is 28.9 Å². The standard InChI is InChI=1S/C23H22F4N6O4/c1-10-5-12(20(28)21(29)35)14(8-30-10)31-9-18(34)33-15-6-11(15)7-16(33)22(36)32-13-3-2-4-17(19(13)24)37-23(25,26)27/h2-5,8,11,15-16,28,31H,6-7,9H2,1H3,(H2,29,35)(H,32,36). The van der Waals surface area contributed by atoms with Gasteiger partial charge in [-0.05, 0) is 43.9 Å². The van der Waals surface area contributed by atoms with E-state index in [2.05, 4.69) is 20.4 Å². The van der Waals surface area contributed by atoms with Gasteiger partial charge in [0.25, 0.3) is 5.91 Å². The third-order valence-corrected chi connectivity index (χ3v) is 6.13. The van der Waals surface area contributed by atoms with Gasteiger partial charge in [0.05, 0.1) is 24.1 Å². The molecule has 4 rings (SSSR count). The lowest BCUT2D eigenvalue weighted by Gasteiger charge is -2.27. The Morgan fingerprint density at radius 1 is 1.24 bits per heavy atom. The number of hydrogen-bond acceptors (Lipinski definition) is 7. The Labute approximate surface area is 207 Å². The summed E-state index contributed by atoms with van der Waals surface area (Å²) >= 11 is 0. The third-order valence-electron chi connectivity index (χ3n) is 6.13. The molecule has 14 heteroatoms. The maximum absolute atomic E-state index is 14.5. The van der Waals surface area contributed by atoms with Crippen molar-refractivity contribution in [1.29, 1.82) is 5.41 Å². The van der Waals surface area contributed by atoms with Crippen LogP contribution < -0.4 is 21.1 Å². The number of aromatic nitrogens is 1. The van der Waals surface area contributed by atoms with Crippen LogP contribution in [0.5, 0.6) is 5.75 Å². The number of halogens is 4. The zero-order valence-electron chi connectivity index (χ0n) is 19.4. The number of benzene rings is 1. The highest BCUT2D eigenvalue weighted by Crippen LogP contribution is 2.48. The lowest BCUT2D eigenvalue weighted by Crippen LogP contribution is -2.47. The van der Waals surface area contributed by atoms with Crippen molar-refractivity contribution >= 4 is 34.8 Å². The minimum Gasteiger partial charge on any atom is -0.403 e. The summed E-state index contributed by atoms with van der Waals surface area (Å²) in [5.41, 5.74) is 5.12. The minimum absolute atomic E-state index is 0.0732. The molecule has 3 atom stereocenters. The predicted molar refractivity (Wildman–Crippen MR) is 122 cm³/mol. The number of fused-ring (bicyclic) bond motifs is 1. The second-order valence-electron chi connectivity index (χ2n) is 8.73. The van der Waals surface area contributed by atoms with E-state index in [0.717, 1.165) is 18.2 Å². The number of carbonyl (C=O) groups excluding carboxylic acids is 3. The summed E-state index contributed by atoms with van der Waals surface area (Å²) in [6.45, 7) is 1.35. The highest BCUT2D eigenvalue weighted by Gasteiger charge is 2.56. The molecule has 2 heterocycles. The van der Waals surface area contributed by atoms with Gasteiger partial charge in [-0.2, -0.15) is 0 Å². The van der Waals surface area contributed by atoms with Crippen molar-refractivity contribution in [2.24, 2.45) is 11.7 Å². The number of piperidine rings is 1. The van der Waals surface area contributed by atoms with E-state index >= 15 is 0 Å². The SMILES string of the molecule is Cc1cc(C(=N)C(N)=O)c(NCC(=O)N2C(C(=O)Nc3cccc(OC(F)(F)F)c3F)CC3CC32)cn1. The Hall–Kier alpha value is -4.23. The molecule has 1 aromatic carbocycles. The summed E-state index contributed by atoms with van der Waals surface area (Å²) in [5.74, 6) is -4.61. The zero-order valence-corrected chi connectivity index (χ0v) is 19.4. The van der Waals surface area contributed by atoms with Gasteiger partial charge in [-0.15, -0.1) is 13.2 Å². The molecule has 0 bridgehead atoms. The summed E-state index contributed by atoms with van der Waals surface area (Å²) in [5, 5.41) is 13.0. The number of rotatable bonds is 8. The van der Waals surface area contributed by atoms with Crippen LogP contribution in [0.25, 0.3) is 0 Å². The van der Waals surface area contributed by atoms with Gasteiger partial charge in [-0.25, -0.2) is 4.39 Å². The van der Waals surface area contributed by atoms with Crippen LogP contribution in [0.1, 0.15) is 24.1 Å². The minimum atomic E-state index is -5.12. The number of pyridine rings is 1. The Morgan fingerprint density at radius 2 is 1.97 bits per heavy atom. The van der Waals surface area contributed by atoms with Crippen molar-refractivity contribution in [3.05, 3.63) is 47.5 Å². The van der Waals surface area contributed by atoms with Crippen molar-refractivity contribution in [3.8, 4) is 5.75 Å². The molecule has 1 saturated heterocycles. The molecule has 0 radical (unpaired) electrons. The number of nitrogens with one attached hydrogen (secondary N) is 3. The van der Waals surface area contributed by atoms with Crippen LogP contribution in [0.2, 0.25) is 0 Å². The number of likely N-dealkylation sites (tertiary alicyclic amines) is 1. The van der Waals surface area contributed by atoms with Crippen molar-refractivity contribution in [2.45, 2.75) is 38.2 Å². The second kappa shape index (κ2) is 9.67. The number of nitrogens with zero attached hydrogens (tertiary/aromatic N) is 2. The second-order valence-corrected chi connectivity index (χ2v) is 8.73. The van der Waals surface area contributed by atoms with Crippen LogP contribution in [0.15, 0.2) is 30.5 Å². The van der Waals surface area contributed by atoms with Crippen molar-refractivity contribution in [2.75, 3.05) is 17.2 Å². The number of nitrogens with two attached hydrogens (primary N) is 1. The molecular weight excluding hydrogens is 500 g/mol. The van der Waals surface area contributed by atoms with E-state index < -0.39 is 53.1 Å². The molecule has 2 aromatic rings. The molecule has 1 aromatic heterocycles. The molecule has 0 spiro atoms. The topological polar surface area (TPSA) is 150 Å². The Kier molecular flexibility index (Phi) is 6.76. The van der Waals surface area contributed by atoms with Crippen LogP contribution in [0, 0.1) is 24.1 Å². The van der Waals surface area contributed by atoms with E-state index in [4.69, 9.17) is 11.1 Å². The van der Waals surface area contributed by atoms with Gasteiger partial charge in [0.15, 0.2) is 11.6 Å². The number of hydrogen-bond donors (Lipinski definition) is 4. The van der Waals surface area contributed by atoms with Crippen LogP contribution in [0.3, 0.4) is 0 Å². The van der Waals surface area contributed by atoms with Gasteiger partial charge >= 0.3 is 6.36 Å². The fraction of sp³-hybridized carbons (Fsp3) is 0.348. The summed E-state index contributed by atoms with van der Waals surface area (Å²) in [4.78, 5) is 42.9. The van der Waals surface area contributed by atoms with E-state index in [-0.39, 0.29) is 29.8 Å². The van der Waals surface area contributed by atoms with Crippen molar-refractivity contribution < 1.29 is 36.7 Å². The Bertz CT molecular complexity index is 1280. The molecule has 10 nitrogen and oxygen atoms in total. The first kappa shape index (κ1) is 25.9. The average molecular weight is 522 g/mol. The first-order valence-corrected chi connectivity index (χ1v) is 11.1. The molecule has 1 aliphatic heterocycles. The van der Waals surface area contributed by atoms with Crippen molar-refractivity contribution in [1.82, 2.24) is 9.88 Å². The number of aryl methyl sites for hydroxylation is 1. The fourth-order valence-electron chi connectivity index (χ4n) is 4.38. The van der Waals surface area contributed by atoms with E-state index in [9.17, 15) is 31.9 Å². The van der Waals surface area contributed by atoms with Gasteiger partial charge in [0.1, 0.15) is 11.8 Å². The zero-order chi connectivity index (χ0) is 27.1. The van der Waals surface area contributed by atoms with E-state index in [1.807, 2.05) is 0 Å². The van der Waals surface area contributed by atoms with Crippen LogP contribution in [-0.2, 0) is 14.4 Å². The number of amides is 3. The van der Waals surface area contributed by atoms with Gasteiger partial charge in [0, 0.05) is 17.3 Å². The monoisotopic (exact) mass is 522 g/mol. The van der Waals surface area contributed by atoms with Crippen LogP contribution in [-0.4, -0.2) is 58.3 Å². The summed E-state index contributed by atoms with van der Waals surface area (Å²) in [6, 6.07) is 3.25. The van der Waals surface area contributed by atoms with E-state index in [1.54, 1.807) is 6.92 Å². The summed E-state index contributed by atoms with van der Waals surface area (Å²) < 4.78 is 55.7. The van der Waals surface area contributed by atoms with Gasteiger partial charge in [0.2, 0.25) is 11.8 Å². The molecule has 196 valence electrons. The molecule has 2 aliphatic rings. The number of carbonyl (C=O) groups is 3. The number of ether oxygens (including phenoxy) is 1. The molecular formula is C23H22F4N6O4. The normalized spacial score (nSPS) is 20.1. The Morgan fingerprint density at radius 3 is 2.65 bits per heavy atom. The molecule has 1 aliphatic carbocycles. The first-order valence-electron chi connectivity index (χ1n) is 11.1. The molecule has 3 amide bonds. The maximum atomic E-state index is 14.5. The number of anilines is 2. The average Bonchev–Trinajstić information content (AvgIpc) is 3.48. The lowest BCUT2D eigenvalue weighted by molar-refractivity contribution is -0.275. The maximum Gasteiger partial charge on any atom is 0.573 e. The highest BCUT2D eigenvalue weighted by atomic mass is 19.4. The van der Waals surface area contributed by atoms with E-state index in [1.165, 1.54) is 17.2 Å². The van der Waals surface area contributed by atoms with Gasteiger partial charge in [-0.3, -0.25) is 24.8 Å². The lowest BCUT2D eigenvalue weighted by atomic mass is 10.1. The molecule has 3 unspecified atom stereocenters. The van der Waals surface area contributed by atoms with E-state index in [0.29, 0.717) is 18.5 Å². The fourth-order valence-corrected chi connectivity index (χ4v) is 4.38. The molecule has 37 heavy (non-hydrogen) atoms. The largest absolute Gasteiger partial charge is 0.573 e. The molecule has 1 saturated carbocycles. The van der Waals surface area contributed by atoms with Gasteiger partial charge < -0.3 is 26.0 Å². The van der Waals surface area contributed by atoms with Crippen molar-refractivity contribution in [3.63, 3.8) is 0 Å². The predicted octanol–water partition coefficient (Wildman–Crippen LogP) is 2.32. The van der Waals surface area contributed by atoms with Crippen LogP contribution >= 0.6 is 0 Å². The quantitative estimate of drug-likeness (QED) is 0.309. The Balaban J connectivity index is 1.46. The number of alkyl halides is 3. The third kappa shape index (κ3) is 5.62. The summed E-state index contributed by atoms with van der Waals surface area (Å²) in [6.07, 6.45) is -2.77. The first-order chi connectivity index (χ1) is 17.4. The molecule has 5 N–H and O–H groups in total. The number of primary amides is 1. The molecule has 2 fully saturated rings. The summed E-state index contributed by atoms with van der Waals surface area (Å²) in [7, 11) is 0.